The molecule has 0 saturated carbocycles. The van der Waals surface area contributed by atoms with Crippen LogP contribution in [0.15, 0.2) is 23.1 Å². The number of sulfonamides is 1. The quantitative estimate of drug-likeness (QED) is 0.872. The van der Waals surface area contributed by atoms with Crippen molar-refractivity contribution in [2.45, 2.75) is 24.3 Å². The predicted molar refractivity (Wildman–Crippen MR) is 84.5 cm³/mol. The summed E-state index contributed by atoms with van der Waals surface area (Å²) in [4.78, 5) is 0.0661. The van der Waals surface area contributed by atoms with E-state index in [0.29, 0.717) is 17.5 Å². The second kappa shape index (κ2) is 7.29. The Morgan fingerprint density at radius 2 is 2.05 bits per heavy atom. The third-order valence-corrected chi connectivity index (χ3v) is 5.53. The summed E-state index contributed by atoms with van der Waals surface area (Å²) in [7, 11) is -3.62. The number of benzene rings is 1. The molecule has 8 heteroatoms. The van der Waals surface area contributed by atoms with Gasteiger partial charge in [-0.1, -0.05) is 30.1 Å². The zero-order valence-electron chi connectivity index (χ0n) is 10.9. The number of nitrogens with one attached hydrogen (secondary N) is 2. The molecule has 20 heavy (non-hydrogen) atoms. The molecule has 1 aliphatic rings. The van der Waals surface area contributed by atoms with Crippen molar-refractivity contribution in [3.05, 3.63) is 28.2 Å². The molecule has 2 atom stereocenters. The highest BCUT2D eigenvalue weighted by Crippen LogP contribution is 2.25. The maximum absolute atomic E-state index is 12.3. The molecule has 1 heterocycles. The second-order valence-corrected chi connectivity index (χ2v) is 7.30. The molecule has 0 bridgehead atoms. The summed E-state index contributed by atoms with van der Waals surface area (Å²) in [5.41, 5.74) is 0. The van der Waals surface area contributed by atoms with Gasteiger partial charge in [-0.05, 0) is 37.1 Å². The summed E-state index contributed by atoms with van der Waals surface area (Å²) in [6.07, 6.45) is 0.946. The molecular weight excluding hydrogens is 343 g/mol. The van der Waals surface area contributed by atoms with Gasteiger partial charge in [-0.3, -0.25) is 0 Å². The van der Waals surface area contributed by atoms with E-state index in [2.05, 4.69) is 10.0 Å². The van der Waals surface area contributed by atoms with Crippen molar-refractivity contribution in [3.8, 4) is 0 Å². The molecular formula is C12H17Cl3N2O2S. The molecule has 2 unspecified atom stereocenters. The van der Waals surface area contributed by atoms with Crippen LogP contribution >= 0.6 is 35.6 Å². The minimum absolute atomic E-state index is 0. The van der Waals surface area contributed by atoms with Crippen LogP contribution < -0.4 is 10.0 Å². The Hall–Kier alpha value is -0.0400. The van der Waals surface area contributed by atoms with Gasteiger partial charge in [0.05, 0.1) is 5.02 Å². The van der Waals surface area contributed by atoms with Gasteiger partial charge in [-0.25, -0.2) is 13.1 Å². The number of hydrogen-bond donors (Lipinski definition) is 2. The van der Waals surface area contributed by atoms with Crippen LogP contribution in [0.3, 0.4) is 0 Å². The van der Waals surface area contributed by atoms with Crippen LogP contribution in [-0.4, -0.2) is 27.5 Å². The average Bonchev–Trinajstić information content (AvgIpc) is 2.31. The molecule has 0 amide bonds. The van der Waals surface area contributed by atoms with E-state index >= 15 is 0 Å². The van der Waals surface area contributed by atoms with Gasteiger partial charge in [0.25, 0.3) is 0 Å². The predicted octanol–water partition coefficient (Wildman–Crippen LogP) is 2.69. The first-order valence-electron chi connectivity index (χ1n) is 6.08. The summed E-state index contributed by atoms with van der Waals surface area (Å²) >= 11 is 11.7. The van der Waals surface area contributed by atoms with Gasteiger partial charge in [0.1, 0.15) is 4.90 Å². The van der Waals surface area contributed by atoms with E-state index in [1.54, 1.807) is 0 Å². The number of hydrogen-bond acceptors (Lipinski definition) is 3. The summed E-state index contributed by atoms with van der Waals surface area (Å²) in [5, 5.41) is 3.73. The lowest BCUT2D eigenvalue weighted by molar-refractivity contribution is 0.327. The lowest BCUT2D eigenvalue weighted by Crippen LogP contribution is -2.50. The third-order valence-electron chi connectivity index (χ3n) is 3.32. The van der Waals surface area contributed by atoms with Gasteiger partial charge >= 0.3 is 0 Å². The van der Waals surface area contributed by atoms with Crippen molar-refractivity contribution in [2.24, 2.45) is 5.92 Å². The minimum atomic E-state index is -3.62. The molecule has 0 aliphatic carbocycles. The van der Waals surface area contributed by atoms with Crippen molar-refractivity contribution in [3.63, 3.8) is 0 Å². The Balaban J connectivity index is 0.00000200. The fourth-order valence-corrected chi connectivity index (χ4v) is 4.22. The van der Waals surface area contributed by atoms with E-state index < -0.39 is 10.0 Å². The number of halogens is 3. The molecule has 0 aromatic heterocycles. The first-order valence-corrected chi connectivity index (χ1v) is 8.32. The number of rotatable bonds is 3. The second-order valence-electron chi connectivity index (χ2n) is 4.77. The average molecular weight is 360 g/mol. The topological polar surface area (TPSA) is 58.2 Å². The van der Waals surface area contributed by atoms with Crippen molar-refractivity contribution < 1.29 is 8.42 Å². The first-order chi connectivity index (χ1) is 8.90. The van der Waals surface area contributed by atoms with Gasteiger partial charge in [0.15, 0.2) is 0 Å². The maximum atomic E-state index is 12.3. The van der Waals surface area contributed by atoms with Crippen LogP contribution in [0, 0.1) is 5.92 Å². The van der Waals surface area contributed by atoms with E-state index in [9.17, 15) is 8.42 Å². The van der Waals surface area contributed by atoms with Crippen LogP contribution in [0.1, 0.15) is 13.3 Å². The number of piperidine rings is 1. The fraction of sp³-hybridized carbons (Fsp3) is 0.500. The molecule has 2 N–H and O–H groups in total. The van der Waals surface area contributed by atoms with Crippen LogP contribution in [0.5, 0.6) is 0 Å². The Morgan fingerprint density at radius 1 is 1.35 bits per heavy atom. The highest BCUT2D eigenvalue weighted by molar-refractivity contribution is 7.89. The summed E-state index contributed by atoms with van der Waals surface area (Å²) in [5.74, 6) is 0.294. The van der Waals surface area contributed by atoms with Crippen LogP contribution in [-0.2, 0) is 10.0 Å². The van der Waals surface area contributed by atoms with Crippen LogP contribution in [0.4, 0.5) is 0 Å². The van der Waals surface area contributed by atoms with E-state index in [1.807, 2.05) is 6.92 Å². The normalized spacial score (nSPS) is 23.1. The Labute approximate surface area is 135 Å². The lowest BCUT2D eigenvalue weighted by atomic mass is 9.96. The molecule has 114 valence electrons. The SMILES string of the molecule is CC1CCNCC1NS(=O)(=O)c1ccc(Cl)cc1Cl.Cl. The summed E-state index contributed by atoms with van der Waals surface area (Å²) < 4.78 is 27.3. The van der Waals surface area contributed by atoms with Crippen molar-refractivity contribution in [2.75, 3.05) is 13.1 Å². The molecule has 2 rings (SSSR count). The molecule has 4 nitrogen and oxygen atoms in total. The van der Waals surface area contributed by atoms with Crippen LogP contribution in [0.2, 0.25) is 10.0 Å². The fourth-order valence-electron chi connectivity index (χ4n) is 2.10. The first kappa shape index (κ1) is 18.0. The third kappa shape index (κ3) is 4.23. The molecule has 0 radical (unpaired) electrons. The maximum Gasteiger partial charge on any atom is 0.242 e. The largest absolute Gasteiger partial charge is 0.315 e. The lowest BCUT2D eigenvalue weighted by Gasteiger charge is -2.30. The summed E-state index contributed by atoms with van der Waals surface area (Å²) in [6, 6.07) is 4.25. The standard InChI is InChI=1S/C12H16Cl2N2O2S.ClH/c1-8-4-5-15-7-11(8)16-19(17,18)12-3-2-9(13)6-10(12)14;/h2-3,6,8,11,15-16H,4-5,7H2,1H3;1H. The van der Waals surface area contributed by atoms with Crippen molar-refractivity contribution in [1.82, 2.24) is 10.0 Å². The van der Waals surface area contributed by atoms with Gasteiger partial charge < -0.3 is 5.32 Å². The minimum Gasteiger partial charge on any atom is -0.315 e. The van der Waals surface area contributed by atoms with E-state index in [-0.39, 0.29) is 28.4 Å². The van der Waals surface area contributed by atoms with Gasteiger partial charge in [-0.15, -0.1) is 12.4 Å². The Kier molecular flexibility index (Phi) is 6.57. The van der Waals surface area contributed by atoms with E-state index in [1.165, 1.54) is 18.2 Å². The van der Waals surface area contributed by atoms with Crippen LogP contribution in [0.25, 0.3) is 0 Å². The zero-order valence-corrected chi connectivity index (χ0v) is 14.0. The zero-order chi connectivity index (χ0) is 14.0. The van der Waals surface area contributed by atoms with Gasteiger partial charge in [0.2, 0.25) is 10.0 Å². The molecule has 1 fully saturated rings. The molecule has 1 aromatic carbocycles. The molecule has 1 aromatic rings. The Bertz CT molecular complexity index is 566. The smallest absolute Gasteiger partial charge is 0.242 e. The van der Waals surface area contributed by atoms with Gasteiger partial charge in [0, 0.05) is 17.6 Å². The monoisotopic (exact) mass is 358 g/mol. The molecule has 1 saturated heterocycles. The van der Waals surface area contributed by atoms with Crippen molar-refractivity contribution in [1.29, 1.82) is 0 Å². The molecule has 0 spiro atoms. The van der Waals surface area contributed by atoms with E-state index in [0.717, 1.165) is 13.0 Å². The summed E-state index contributed by atoms with van der Waals surface area (Å²) in [6.45, 7) is 3.59. The van der Waals surface area contributed by atoms with Crippen molar-refractivity contribution >= 4 is 45.6 Å². The molecule has 1 aliphatic heterocycles. The Morgan fingerprint density at radius 3 is 2.65 bits per heavy atom. The van der Waals surface area contributed by atoms with E-state index in [4.69, 9.17) is 23.2 Å². The highest BCUT2D eigenvalue weighted by atomic mass is 35.5. The highest BCUT2D eigenvalue weighted by Gasteiger charge is 2.27. The van der Waals surface area contributed by atoms with Gasteiger partial charge in [-0.2, -0.15) is 0 Å².